The van der Waals surface area contributed by atoms with E-state index in [1.54, 1.807) is 0 Å². The minimum atomic E-state index is -0.903. The van der Waals surface area contributed by atoms with Crippen molar-refractivity contribution < 1.29 is 24.1 Å². The molecule has 2 fully saturated rings. The maximum absolute atomic E-state index is 10.8. The highest BCUT2D eigenvalue weighted by Crippen LogP contribution is 2.30. The van der Waals surface area contributed by atoms with E-state index in [1.807, 2.05) is 13.8 Å². The molecule has 2 aliphatic rings. The molecule has 5 nitrogen and oxygen atoms in total. The summed E-state index contributed by atoms with van der Waals surface area (Å²) >= 11 is 0. The molecule has 1 N–H and O–H groups in total. The summed E-state index contributed by atoms with van der Waals surface area (Å²) in [5.74, 6) is -0.903. The molecular weight excluding hydrogens is 200 g/mol. The van der Waals surface area contributed by atoms with Crippen molar-refractivity contribution in [1.82, 2.24) is 0 Å². The van der Waals surface area contributed by atoms with Crippen molar-refractivity contribution in [2.24, 2.45) is 0 Å². The van der Waals surface area contributed by atoms with Crippen LogP contribution in [-0.4, -0.2) is 41.8 Å². The van der Waals surface area contributed by atoms with Crippen LogP contribution in [0.4, 0.5) is 0 Å². The van der Waals surface area contributed by atoms with Gasteiger partial charge < -0.3 is 19.3 Å². The van der Waals surface area contributed by atoms with E-state index in [9.17, 15) is 4.79 Å². The molecule has 0 radical (unpaired) electrons. The van der Waals surface area contributed by atoms with E-state index in [0.717, 1.165) is 6.42 Å². The van der Waals surface area contributed by atoms with Crippen molar-refractivity contribution in [2.75, 3.05) is 0 Å². The summed E-state index contributed by atoms with van der Waals surface area (Å²) in [6, 6.07) is 0. The number of hydrogen-bond acceptors (Lipinski definition) is 4. The molecule has 0 saturated carbocycles. The molecule has 5 atom stereocenters. The molecule has 0 aromatic heterocycles. The number of aliphatic carboxylic acids is 1. The lowest BCUT2D eigenvalue weighted by atomic mass is 9.97. The molecule has 0 amide bonds. The summed E-state index contributed by atoms with van der Waals surface area (Å²) < 4.78 is 16.5. The van der Waals surface area contributed by atoms with Crippen molar-refractivity contribution in [2.45, 2.75) is 57.4 Å². The van der Waals surface area contributed by atoms with Gasteiger partial charge in [0.1, 0.15) is 6.10 Å². The molecule has 0 bridgehead atoms. The van der Waals surface area contributed by atoms with E-state index >= 15 is 0 Å². The molecular formula is C10H16O5. The molecule has 0 spiro atoms. The number of carboxylic acid groups (broad SMARTS) is 1. The Morgan fingerprint density at radius 2 is 1.93 bits per heavy atom. The van der Waals surface area contributed by atoms with Gasteiger partial charge in [0.2, 0.25) is 0 Å². The Hall–Kier alpha value is -0.650. The molecule has 15 heavy (non-hydrogen) atoms. The number of rotatable bonds is 1. The number of ether oxygens (including phenoxy) is 3. The van der Waals surface area contributed by atoms with E-state index in [-0.39, 0.29) is 24.6 Å². The van der Waals surface area contributed by atoms with E-state index < -0.39 is 12.1 Å². The monoisotopic (exact) mass is 216 g/mol. The lowest BCUT2D eigenvalue weighted by Gasteiger charge is -2.43. The zero-order valence-corrected chi connectivity index (χ0v) is 8.88. The van der Waals surface area contributed by atoms with Crippen molar-refractivity contribution in [3.8, 4) is 0 Å². The summed E-state index contributed by atoms with van der Waals surface area (Å²) in [6.07, 6.45) is -0.105. The van der Waals surface area contributed by atoms with Gasteiger partial charge in [-0.3, -0.25) is 0 Å². The van der Waals surface area contributed by atoms with E-state index in [1.165, 1.54) is 0 Å². The molecule has 2 rings (SSSR count). The van der Waals surface area contributed by atoms with Crippen molar-refractivity contribution in [3.05, 3.63) is 0 Å². The van der Waals surface area contributed by atoms with Gasteiger partial charge in [0, 0.05) is 0 Å². The zero-order chi connectivity index (χ0) is 11.0. The van der Waals surface area contributed by atoms with Crippen LogP contribution in [-0.2, 0) is 19.0 Å². The van der Waals surface area contributed by atoms with Crippen LogP contribution in [0.2, 0.25) is 0 Å². The van der Waals surface area contributed by atoms with Gasteiger partial charge in [0.25, 0.3) is 0 Å². The Labute approximate surface area is 88.3 Å². The zero-order valence-electron chi connectivity index (χ0n) is 8.88. The standard InChI is InChI=1S/C10H16O5/c1-5-9-7(14-6(2)13-5)3-4-8(15-9)10(11)12/h5-9H,3-4H2,1-2H3,(H,11,12). The predicted molar refractivity (Wildman–Crippen MR) is 50.4 cm³/mol. The van der Waals surface area contributed by atoms with Gasteiger partial charge in [-0.1, -0.05) is 0 Å². The Balaban J connectivity index is 2.03. The largest absolute Gasteiger partial charge is 0.479 e. The third-order valence-electron chi connectivity index (χ3n) is 2.91. The quantitative estimate of drug-likeness (QED) is 0.701. The highest BCUT2D eigenvalue weighted by molar-refractivity contribution is 5.72. The second-order valence-corrected chi connectivity index (χ2v) is 4.09. The van der Waals surface area contributed by atoms with Crippen LogP contribution in [0, 0.1) is 0 Å². The molecule has 2 heterocycles. The van der Waals surface area contributed by atoms with Crippen molar-refractivity contribution >= 4 is 5.97 Å². The first-order valence-electron chi connectivity index (χ1n) is 5.27. The van der Waals surface area contributed by atoms with Crippen LogP contribution in [0.15, 0.2) is 0 Å². The Kier molecular flexibility index (Phi) is 2.95. The van der Waals surface area contributed by atoms with Gasteiger partial charge in [0.05, 0.1) is 12.2 Å². The Morgan fingerprint density at radius 3 is 2.60 bits per heavy atom. The molecule has 2 aliphatic heterocycles. The highest BCUT2D eigenvalue weighted by atomic mass is 16.7. The Bertz CT molecular complexity index is 254. The van der Waals surface area contributed by atoms with Crippen LogP contribution in [0.5, 0.6) is 0 Å². The van der Waals surface area contributed by atoms with Gasteiger partial charge in [-0.25, -0.2) is 4.79 Å². The number of carbonyl (C=O) groups is 1. The number of carboxylic acids is 1. The lowest BCUT2D eigenvalue weighted by Crippen LogP contribution is -2.54. The minimum Gasteiger partial charge on any atom is -0.479 e. The molecule has 0 aromatic rings. The van der Waals surface area contributed by atoms with Gasteiger partial charge >= 0.3 is 5.97 Å². The van der Waals surface area contributed by atoms with E-state index in [0.29, 0.717) is 6.42 Å². The Morgan fingerprint density at radius 1 is 1.20 bits per heavy atom. The fourth-order valence-corrected chi connectivity index (χ4v) is 2.22. The van der Waals surface area contributed by atoms with Crippen LogP contribution < -0.4 is 0 Å². The van der Waals surface area contributed by atoms with Crippen LogP contribution >= 0.6 is 0 Å². The normalized spacial score (nSPS) is 45.9. The van der Waals surface area contributed by atoms with Gasteiger partial charge in [-0.05, 0) is 26.7 Å². The van der Waals surface area contributed by atoms with Crippen LogP contribution in [0.3, 0.4) is 0 Å². The maximum Gasteiger partial charge on any atom is 0.332 e. The molecule has 0 aliphatic carbocycles. The number of hydrogen-bond donors (Lipinski definition) is 1. The van der Waals surface area contributed by atoms with E-state index in [4.69, 9.17) is 19.3 Å². The minimum absolute atomic E-state index is 0.0284. The number of fused-ring (bicyclic) bond motifs is 1. The first-order valence-corrected chi connectivity index (χ1v) is 5.27. The molecule has 5 unspecified atom stereocenters. The summed E-state index contributed by atoms with van der Waals surface area (Å²) in [6.45, 7) is 3.73. The fourth-order valence-electron chi connectivity index (χ4n) is 2.22. The topological polar surface area (TPSA) is 65.0 Å². The summed E-state index contributed by atoms with van der Waals surface area (Å²) in [5, 5.41) is 8.86. The van der Waals surface area contributed by atoms with E-state index in [2.05, 4.69) is 0 Å². The van der Waals surface area contributed by atoms with Crippen molar-refractivity contribution in [3.63, 3.8) is 0 Å². The van der Waals surface area contributed by atoms with Crippen LogP contribution in [0.25, 0.3) is 0 Å². The third-order valence-corrected chi connectivity index (χ3v) is 2.91. The predicted octanol–water partition coefficient (Wildman–Crippen LogP) is 0.768. The fraction of sp³-hybridized carbons (Fsp3) is 0.900. The van der Waals surface area contributed by atoms with Crippen LogP contribution in [0.1, 0.15) is 26.7 Å². The first-order chi connectivity index (χ1) is 7.08. The summed E-state index contributed by atoms with van der Waals surface area (Å²) in [4.78, 5) is 10.8. The third kappa shape index (κ3) is 2.14. The maximum atomic E-state index is 10.8. The smallest absolute Gasteiger partial charge is 0.332 e. The van der Waals surface area contributed by atoms with Gasteiger partial charge in [0.15, 0.2) is 12.4 Å². The molecule has 2 saturated heterocycles. The first kappa shape index (κ1) is 10.9. The average Bonchev–Trinajstić information content (AvgIpc) is 2.16. The second kappa shape index (κ2) is 4.08. The second-order valence-electron chi connectivity index (χ2n) is 4.09. The molecule has 0 aromatic carbocycles. The molecule has 5 heteroatoms. The summed E-state index contributed by atoms with van der Waals surface area (Å²) in [5.41, 5.74) is 0. The average molecular weight is 216 g/mol. The van der Waals surface area contributed by atoms with Crippen molar-refractivity contribution in [1.29, 1.82) is 0 Å². The highest BCUT2D eigenvalue weighted by Gasteiger charge is 2.42. The summed E-state index contributed by atoms with van der Waals surface area (Å²) in [7, 11) is 0. The van der Waals surface area contributed by atoms with Gasteiger partial charge in [-0.15, -0.1) is 0 Å². The lowest BCUT2D eigenvalue weighted by molar-refractivity contribution is -0.301. The SMILES string of the molecule is CC1OC(C)C2OC(C(=O)O)CCC2O1. The molecule has 86 valence electrons. The van der Waals surface area contributed by atoms with Gasteiger partial charge in [-0.2, -0.15) is 0 Å².